The van der Waals surface area contributed by atoms with E-state index in [0.29, 0.717) is 41.2 Å². The first-order valence-corrected chi connectivity index (χ1v) is 15.5. The molecule has 0 heterocycles. The van der Waals surface area contributed by atoms with Crippen LogP contribution >= 0.6 is 0 Å². The number of hydrogen-bond donors (Lipinski definition) is 1. The number of benzene rings is 3. The number of ether oxygens (including phenoxy) is 2. The van der Waals surface area contributed by atoms with Crippen LogP contribution in [0.25, 0.3) is 11.1 Å². The molecule has 1 unspecified atom stereocenters. The second-order valence-corrected chi connectivity index (χ2v) is 11.0. The number of aliphatic hydroxyl groups excluding tert-OH is 1. The second-order valence-electron chi connectivity index (χ2n) is 9.66. The molecule has 0 radical (unpaired) electrons. The Balaban J connectivity index is 0.00000588. The number of unbranched alkanes of at least 4 members (excludes halogenated alkanes) is 8. The summed E-state index contributed by atoms with van der Waals surface area (Å²) in [6, 6.07) is 18.2. The van der Waals surface area contributed by atoms with Crippen LogP contribution in [0.5, 0.6) is 17.2 Å². The second kappa shape index (κ2) is 18.3. The van der Waals surface area contributed by atoms with Gasteiger partial charge in [-0.15, -0.1) is 5.92 Å². The monoisotopic (exact) mass is 586 g/mol. The van der Waals surface area contributed by atoms with E-state index in [0.717, 1.165) is 12.8 Å². The third kappa shape index (κ3) is 11.5. The van der Waals surface area contributed by atoms with Crippen molar-refractivity contribution in [3.05, 3.63) is 72.3 Å². The average molecular weight is 587 g/mol. The van der Waals surface area contributed by atoms with E-state index in [4.69, 9.17) is 9.47 Å². The van der Waals surface area contributed by atoms with E-state index < -0.39 is 21.1 Å². The van der Waals surface area contributed by atoms with Crippen molar-refractivity contribution in [1.82, 2.24) is 0 Å². The van der Waals surface area contributed by atoms with Crippen LogP contribution in [-0.2, 0) is 10.1 Å². The van der Waals surface area contributed by atoms with Crippen LogP contribution in [0.2, 0.25) is 0 Å². The molecule has 0 aromatic heterocycles. The number of rotatable bonds is 15. The Bertz CT molecular complexity index is 1390. The summed E-state index contributed by atoms with van der Waals surface area (Å²) in [5.74, 6) is 6.82. The van der Waals surface area contributed by atoms with Gasteiger partial charge in [-0.2, -0.15) is 0 Å². The van der Waals surface area contributed by atoms with Crippen LogP contribution < -0.4 is 39.0 Å². The molecule has 0 spiro atoms. The summed E-state index contributed by atoms with van der Waals surface area (Å²) in [4.78, 5) is -0.489. The van der Waals surface area contributed by atoms with Crippen LogP contribution in [0.1, 0.15) is 83.3 Å². The molecule has 0 aliphatic heterocycles. The quantitative estimate of drug-likeness (QED) is 0.116. The maximum Gasteiger partial charge on any atom is 1.00 e. The first kappa shape index (κ1) is 34.9. The molecular weight excluding hydrogens is 547 g/mol. The van der Waals surface area contributed by atoms with Crippen LogP contribution in [0, 0.1) is 11.8 Å². The Morgan fingerprint density at radius 2 is 1.54 bits per heavy atom. The van der Waals surface area contributed by atoms with Gasteiger partial charge in [-0.05, 0) is 48.7 Å². The zero-order valence-electron chi connectivity index (χ0n) is 24.4. The Hall–Kier alpha value is -2.31. The van der Waals surface area contributed by atoms with Crippen LogP contribution in [-0.4, -0.2) is 24.7 Å². The molecule has 1 N–H and O–H groups in total. The fourth-order valence-electron chi connectivity index (χ4n) is 4.47. The van der Waals surface area contributed by atoms with Gasteiger partial charge in [0.15, 0.2) is 0 Å². The Morgan fingerprint density at radius 3 is 2.24 bits per heavy atom. The van der Waals surface area contributed by atoms with Gasteiger partial charge in [0, 0.05) is 18.1 Å². The first-order chi connectivity index (χ1) is 19.3. The van der Waals surface area contributed by atoms with E-state index in [9.17, 15) is 18.1 Å². The normalized spacial score (nSPS) is 11.6. The van der Waals surface area contributed by atoms with Gasteiger partial charge in [0.25, 0.3) is 0 Å². The molecule has 6 nitrogen and oxygen atoms in total. The Labute approximate surface area is 267 Å². The van der Waals surface area contributed by atoms with Crippen molar-refractivity contribution in [3.8, 4) is 40.2 Å². The van der Waals surface area contributed by atoms with Crippen molar-refractivity contribution in [2.24, 2.45) is 0 Å². The van der Waals surface area contributed by atoms with Gasteiger partial charge in [0.05, 0.1) is 11.5 Å². The molecular formula is C33H39NaO6S. The SMILES string of the molecule is CCCCCCCCCCC#CC(O)c1ccccc1-c1ccc(Oc2cccc(OCC)c2)c(S(=O)(=O)[O-])c1.[Na+]. The minimum Gasteiger partial charge on any atom is -0.744 e. The average Bonchev–Trinajstić information content (AvgIpc) is 2.94. The van der Waals surface area contributed by atoms with E-state index >= 15 is 0 Å². The molecule has 3 aromatic rings. The van der Waals surface area contributed by atoms with Crippen molar-refractivity contribution in [2.45, 2.75) is 82.6 Å². The van der Waals surface area contributed by atoms with E-state index in [1.807, 2.05) is 6.92 Å². The van der Waals surface area contributed by atoms with Gasteiger partial charge >= 0.3 is 29.6 Å². The summed E-state index contributed by atoms with van der Waals surface area (Å²) in [5, 5.41) is 10.8. The molecule has 3 rings (SSSR count). The molecule has 0 saturated carbocycles. The van der Waals surface area contributed by atoms with Gasteiger partial charge < -0.3 is 19.1 Å². The molecule has 0 aliphatic carbocycles. The fraction of sp³-hybridized carbons (Fsp3) is 0.394. The van der Waals surface area contributed by atoms with Gasteiger partial charge in [-0.1, -0.05) is 94.2 Å². The van der Waals surface area contributed by atoms with Crippen molar-refractivity contribution in [2.75, 3.05) is 6.61 Å². The predicted octanol–water partition coefficient (Wildman–Crippen LogP) is 5.02. The van der Waals surface area contributed by atoms with Gasteiger partial charge in [-0.3, -0.25) is 0 Å². The molecule has 0 amide bonds. The van der Waals surface area contributed by atoms with E-state index in [1.165, 1.54) is 50.7 Å². The standard InChI is InChI=1S/C33H40O6S.Na/c1-3-5-6-7-8-9-10-11-12-13-21-31(34)30-20-15-14-19-29(30)26-22-23-32(33(24-26)40(35,36)37)39-28-18-16-17-27(25-28)38-4-2;/h14-20,22-25,31,34H,3-12H2,1-2H3,(H,35,36,37);/q;+1/p-1. The smallest absolute Gasteiger partial charge is 0.744 e. The largest absolute Gasteiger partial charge is 1.00 e. The number of hydrogen-bond acceptors (Lipinski definition) is 6. The molecule has 0 saturated heterocycles. The molecule has 0 bridgehead atoms. The number of aliphatic hydroxyl groups is 1. The molecule has 214 valence electrons. The molecule has 8 heteroatoms. The van der Waals surface area contributed by atoms with E-state index in [-0.39, 0.29) is 35.3 Å². The van der Waals surface area contributed by atoms with Crippen molar-refractivity contribution in [1.29, 1.82) is 0 Å². The maximum atomic E-state index is 12.2. The van der Waals surface area contributed by atoms with Crippen LogP contribution in [0.4, 0.5) is 0 Å². The molecule has 1 atom stereocenters. The molecule has 41 heavy (non-hydrogen) atoms. The van der Waals surface area contributed by atoms with Crippen LogP contribution in [0.3, 0.4) is 0 Å². The van der Waals surface area contributed by atoms with E-state index in [2.05, 4.69) is 18.8 Å². The first-order valence-electron chi connectivity index (χ1n) is 14.1. The summed E-state index contributed by atoms with van der Waals surface area (Å²) >= 11 is 0. The zero-order valence-corrected chi connectivity index (χ0v) is 27.2. The van der Waals surface area contributed by atoms with E-state index in [1.54, 1.807) is 54.6 Å². The van der Waals surface area contributed by atoms with Gasteiger partial charge in [-0.25, -0.2) is 8.42 Å². The summed E-state index contributed by atoms with van der Waals surface area (Å²) in [6.45, 7) is 4.54. The summed E-state index contributed by atoms with van der Waals surface area (Å²) < 4.78 is 47.8. The minimum absolute atomic E-state index is 0. The Morgan fingerprint density at radius 1 is 0.854 bits per heavy atom. The van der Waals surface area contributed by atoms with Gasteiger partial charge in [0.2, 0.25) is 0 Å². The van der Waals surface area contributed by atoms with Crippen molar-refractivity contribution < 1.29 is 57.1 Å². The topological polar surface area (TPSA) is 95.9 Å². The molecule has 0 aliphatic rings. The summed E-state index contributed by atoms with van der Waals surface area (Å²) in [5.41, 5.74) is 1.59. The van der Waals surface area contributed by atoms with Crippen molar-refractivity contribution >= 4 is 10.1 Å². The predicted molar refractivity (Wildman–Crippen MR) is 157 cm³/mol. The third-order valence-corrected chi connectivity index (χ3v) is 7.38. The molecule has 3 aromatic carbocycles. The van der Waals surface area contributed by atoms with Crippen molar-refractivity contribution in [3.63, 3.8) is 0 Å². The Kier molecular flexibility index (Phi) is 15.6. The molecule has 0 fully saturated rings. The fourth-order valence-corrected chi connectivity index (χ4v) is 5.10. The van der Waals surface area contributed by atoms with Crippen LogP contribution in [0.15, 0.2) is 71.6 Å². The minimum atomic E-state index is -4.87. The summed E-state index contributed by atoms with van der Waals surface area (Å²) in [7, 11) is -4.87. The summed E-state index contributed by atoms with van der Waals surface area (Å²) in [6.07, 6.45) is 9.41. The zero-order chi connectivity index (χ0) is 28.8. The third-order valence-electron chi connectivity index (χ3n) is 6.52. The maximum absolute atomic E-state index is 12.2. The van der Waals surface area contributed by atoms with Gasteiger partial charge in [0.1, 0.15) is 33.5 Å².